The van der Waals surface area contributed by atoms with Crippen LogP contribution in [0.25, 0.3) is 11.0 Å². The highest BCUT2D eigenvalue weighted by molar-refractivity contribution is 5.76. The zero-order valence-electron chi connectivity index (χ0n) is 15.2. The molecule has 0 saturated carbocycles. The lowest BCUT2D eigenvalue weighted by Gasteiger charge is -2.23. The van der Waals surface area contributed by atoms with Crippen molar-refractivity contribution < 1.29 is 4.74 Å². The van der Waals surface area contributed by atoms with Crippen LogP contribution in [0.15, 0.2) is 30.5 Å². The van der Waals surface area contributed by atoms with Crippen LogP contribution < -0.4 is 10.6 Å². The van der Waals surface area contributed by atoms with E-state index in [2.05, 4.69) is 50.3 Å². The van der Waals surface area contributed by atoms with Gasteiger partial charge in [-0.15, -0.1) is 0 Å². The Balaban J connectivity index is 1.44. The molecule has 2 aromatic heterocycles. The molecule has 1 saturated heterocycles. The number of aromatic nitrogens is 4. The highest BCUT2D eigenvalue weighted by atomic mass is 16.5. The summed E-state index contributed by atoms with van der Waals surface area (Å²) < 4.78 is 7.61. The van der Waals surface area contributed by atoms with Gasteiger partial charge < -0.3 is 19.9 Å². The lowest BCUT2D eigenvalue weighted by Crippen LogP contribution is -2.30. The molecule has 3 heterocycles. The van der Waals surface area contributed by atoms with Gasteiger partial charge in [-0.05, 0) is 43.5 Å². The number of nitrogens with zero attached hydrogens (tertiary/aromatic N) is 4. The fourth-order valence-corrected chi connectivity index (χ4v) is 3.26. The molecule has 4 rings (SSSR count). The van der Waals surface area contributed by atoms with Gasteiger partial charge in [-0.3, -0.25) is 0 Å². The topological polar surface area (TPSA) is 76.9 Å². The van der Waals surface area contributed by atoms with Crippen molar-refractivity contribution >= 4 is 22.8 Å². The van der Waals surface area contributed by atoms with Gasteiger partial charge in [0.15, 0.2) is 0 Å². The van der Waals surface area contributed by atoms with Crippen molar-refractivity contribution in [3.8, 4) is 0 Å². The molecule has 7 nitrogen and oxygen atoms in total. The number of nitrogens with one attached hydrogen (secondary N) is 2. The van der Waals surface area contributed by atoms with Crippen LogP contribution in [0.4, 0.5) is 11.8 Å². The largest absolute Gasteiger partial charge is 0.379 e. The summed E-state index contributed by atoms with van der Waals surface area (Å²) in [5, 5.41) is 6.70. The number of hydrogen-bond acceptors (Lipinski definition) is 6. The maximum absolute atomic E-state index is 5.51. The smallest absolute Gasteiger partial charge is 0.224 e. The van der Waals surface area contributed by atoms with E-state index in [0.29, 0.717) is 18.5 Å². The van der Waals surface area contributed by atoms with Crippen LogP contribution in [-0.4, -0.2) is 38.8 Å². The summed E-state index contributed by atoms with van der Waals surface area (Å²) in [6, 6.07) is 8.52. The average molecular weight is 352 g/mol. The number of fused-ring (bicyclic) bond motifs is 1. The fraction of sp³-hybridized carbons (Fsp3) is 0.421. The lowest BCUT2D eigenvalue weighted by atomic mass is 10.1. The Morgan fingerprint density at radius 3 is 3.04 bits per heavy atom. The third-order valence-electron chi connectivity index (χ3n) is 4.70. The number of aryl methyl sites for hydroxylation is 2. The predicted octanol–water partition coefficient (Wildman–Crippen LogP) is 2.87. The molecule has 136 valence electrons. The Bertz CT molecular complexity index is 900. The van der Waals surface area contributed by atoms with Gasteiger partial charge in [0.05, 0.1) is 30.2 Å². The Hall–Kier alpha value is -2.67. The van der Waals surface area contributed by atoms with Crippen molar-refractivity contribution in [1.82, 2.24) is 19.5 Å². The van der Waals surface area contributed by atoms with E-state index >= 15 is 0 Å². The van der Waals surface area contributed by atoms with E-state index in [4.69, 9.17) is 9.72 Å². The van der Waals surface area contributed by atoms with Crippen molar-refractivity contribution in [2.45, 2.75) is 32.4 Å². The van der Waals surface area contributed by atoms with Crippen LogP contribution in [0, 0.1) is 6.92 Å². The summed E-state index contributed by atoms with van der Waals surface area (Å²) in [4.78, 5) is 13.6. The second-order valence-corrected chi connectivity index (χ2v) is 6.76. The van der Waals surface area contributed by atoms with Gasteiger partial charge in [0.25, 0.3) is 0 Å². The number of imidazole rings is 1. The summed E-state index contributed by atoms with van der Waals surface area (Å²) in [5.41, 5.74) is 3.35. The first-order valence-electron chi connectivity index (χ1n) is 9.02. The minimum absolute atomic E-state index is 0.314. The van der Waals surface area contributed by atoms with Crippen LogP contribution in [-0.2, 0) is 18.3 Å². The molecule has 0 aliphatic carbocycles. The molecular formula is C19H24N6O. The minimum atomic E-state index is 0.314. The second kappa shape index (κ2) is 7.29. The molecule has 1 aromatic carbocycles. The van der Waals surface area contributed by atoms with Crippen LogP contribution in [0.2, 0.25) is 0 Å². The Morgan fingerprint density at radius 1 is 1.27 bits per heavy atom. The van der Waals surface area contributed by atoms with E-state index in [-0.39, 0.29) is 0 Å². The van der Waals surface area contributed by atoms with Crippen LogP contribution in [0.5, 0.6) is 0 Å². The quantitative estimate of drug-likeness (QED) is 0.735. The molecule has 7 heteroatoms. The summed E-state index contributed by atoms with van der Waals surface area (Å²) in [5.74, 6) is 2.36. The van der Waals surface area contributed by atoms with Gasteiger partial charge in [0.1, 0.15) is 11.6 Å². The highest BCUT2D eigenvalue weighted by Crippen LogP contribution is 2.18. The molecule has 1 aliphatic rings. The van der Waals surface area contributed by atoms with E-state index in [1.54, 1.807) is 6.20 Å². The van der Waals surface area contributed by atoms with Crippen molar-refractivity contribution in [1.29, 1.82) is 0 Å². The molecule has 0 radical (unpaired) electrons. The Labute approximate surface area is 152 Å². The first kappa shape index (κ1) is 16.8. The van der Waals surface area contributed by atoms with Crippen molar-refractivity contribution in [3.05, 3.63) is 41.9 Å². The SMILES string of the molecule is Cc1ccc2c(c1)nc(CNc1nccc(NC3CCCOC3)n1)n2C. The Morgan fingerprint density at radius 2 is 2.19 bits per heavy atom. The molecule has 2 N–H and O–H groups in total. The van der Waals surface area contributed by atoms with Gasteiger partial charge in [0, 0.05) is 19.9 Å². The highest BCUT2D eigenvalue weighted by Gasteiger charge is 2.14. The number of hydrogen-bond donors (Lipinski definition) is 2. The molecule has 0 amide bonds. The number of rotatable bonds is 5. The first-order chi connectivity index (χ1) is 12.7. The molecule has 3 aromatic rings. The maximum Gasteiger partial charge on any atom is 0.224 e. The lowest BCUT2D eigenvalue weighted by molar-refractivity contribution is 0.0875. The molecule has 26 heavy (non-hydrogen) atoms. The van der Waals surface area contributed by atoms with Crippen molar-refractivity contribution in [3.63, 3.8) is 0 Å². The van der Waals surface area contributed by atoms with Gasteiger partial charge in [0.2, 0.25) is 5.95 Å². The zero-order chi connectivity index (χ0) is 17.9. The van der Waals surface area contributed by atoms with Gasteiger partial charge >= 0.3 is 0 Å². The van der Waals surface area contributed by atoms with Crippen molar-refractivity contribution in [2.75, 3.05) is 23.8 Å². The van der Waals surface area contributed by atoms with Crippen LogP contribution in [0.1, 0.15) is 24.2 Å². The maximum atomic E-state index is 5.51. The zero-order valence-corrected chi connectivity index (χ0v) is 15.2. The summed E-state index contributed by atoms with van der Waals surface area (Å²) in [6.45, 7) is 4.23. The molecule has 0 spiro atoms. The normalized spacial score (nSPS) is 17.4. The summed E-state index contributed by atoms with van der Waals surface area (Å²) in [6.07, 6.45) is 3.95. The third kappa shape index (κ3) is 3.62. The van der Waals surface area contributed by atoms with Gasteiger partial charge in [-0.1, -0.05) is 6.07 Å². The van der Waals surface area contributed by atoms with E-state index in [0.717, 1.165) is 48.7 Å². The van der Waals surface area contributed by atoms with Gasteiger partial charge in [-0.2, -0.15) is 4.98 Å². The minimum Gasteiger partial charge on any atom is -0.379 e. The molecule has 0 bridgehead atoms. The van der Waals surface area contributed by atoms with E-state index in [1.165, 1.54) is 5.56 Å². The third-order valence-corrected chi connectivity index (χ3v) is 4.70. The molecule has 1 aliphatic heterocycles. The predicted molar refractivity (Wildman–Crippen MR) is 102 cm³/mol. The molecule has 1 fully saturated rings. The van der Waals surface area contributed by atoms with E-state index < -0.39 is 0 Å². The molecule has 1 atom stereocenters. The number of ether oxygens (including phenoxy) is 1. The van der Waals surface area contributed by atoms with Crippen molar-refractivity contribution in [2.24, 2.45) is 7.05 Å². The monoisotopic (exact) mass is 352 g/mol. The van der Waals surface area contributed by atoms with Gasteiger partial charge in [-0.25, -0.2) is 9.97 Å². The standard InChI is InChI=1S/C19H24N6O/c1-13-5-6-16-15(10-13)23-18(25(16)2)11-21-19-20-8-7-17(24-19)22-14-4-3-9-26-12-14/h5-8,10,14H,3-4,9,11-12H2,1-2H3,(H2,20,21,22,24). The van der Waals surface area contributed by atoms with E-state index in [9.17, 15) is 0 Å². The number of anilines is 2. The average Bonchev–Trinajstić information content (AvgIpc) is 2.96. The Kier molecular flexibility index (Phi) is 4.71. The second-order valence-electron chi connectivity index (χ2n) is 6.76. The first-order valence-corrected chi connectivity index (χ1v) is 9.02. The van der Waals surface area contributed by atoms with Crippen LogP contribution in [0.3, 0.4) is 0 Å². The molecular weight excluding hydrogens is 328 g/mol. The van der Waals surface area contributed by atoms with E-state index in [1.807, 2.05) is 13.1 Å². The fourth-order valence-electron chi connectivity index (χ4n) is 3.26. The summed E-state index contributed by atoms with van der Waals surface area (Å²) >= 11 is 0. The molecule has 1 unspecified atom stereocenters. The summed E-state index contributed by atoms with van der Waals surface area (Å²) in [7, 11) is 2.03. The number of benzene rings is 1. The van der Waals surface area contributed by atoms with Crippen LogP contribution >= 0.6 is 0 Å².